The second kappa shape index (κ2) is 29.8. The normalized spacial score (nSPS) is 8.47. The van der Waals surface area contributed by atoms with E-state index < -0.39 is 0 Å². The van der Waals surface area contributed by atoms with Crippen LogP contribution in [0.5, 0.6) is 0 Å². The summed E-state index contributed by atoms with van der Waals surface area (Å²) in [4.78, 5) is 0. The zero-order valence-electron chi connectivity index (χ0n) is 14.7. The average molecular weight is 247 g/mol. The summed E-state index contributed by atoms with van der Waals surface area (Å²) in [6.07, 6.45) is 6.60. The Kier molecular flexibility index (Phi) is 45.1. The first-order chi connectivity index (χ1) is 7.99. The van der Waals surface area contributed by atoms with Crippen molar-refractivity contribution >= 4 is 0 Å². The molecule has 0 fully saturated rings. The molecule has 0 N–H and O–H groups in total. The first-order valence-electron chi connectivity index (χ1n) is 7.99. The van der Waals surface area contributed by atoms with Crippen molar-refractivity contribution in [1.29, 1.82) is 0 Å². The van der Waals surface area contributed by atoms with E-state index in [4.69, 9.17) is 0 Å². The first-order valence-corrected chi connectivity index (χ1v) is 7.99. The highest BCUT2D eigenvalue weighted by Crippen LogP contribution is 2.02. The van der Waals surface area contributed by atoms with Crippen LogP contribution in [0.3, 0.4) is 0 Å². The van der Waals surface area contributed by atoms with E-state index in [-0.39, 0.29) is 0 Å². The lowest BCUT2D eigenvalue weighted by atomic mass is 10.1. The molecule has 0 aromatic rings. The van der Waals surface area contributed by atoms with Gasteiger partial charge in [0.1, 0.15) is 0 Å². The maximum absolute atomic E-state index is 2.28. The second-order valence-corrected chi connectivity index (χ2v) is 4.72. The molecular formula is C17H42. The molecule has 0 saturated heterocycles. The fourth-order valence-electron chi connectivity index (χ4n) is 0.289. The Balaban J connectivity index is -0.0000000705. The van der Waals surface area contributed by atoms with Gasteiger partial charge in [0.25, 0.3) is 0 Å². The Morgan fingerprint density at radius 1 is 0.588 bits per heavy atom. The summed E-state index contributed by atoms with van der Waals surface area (Å²) in [6.45, 7) is 21.7. The van der Waals surface area contributed by atoms with E-state index in [1.54, 1.807) is 0 Å². The molecule has 0 aliphatic carbocycles. The average Bonchev–Trinajstić information content (AvgIpc) is 2.40. The zero-order chi connectivity index (χ0) is 14.7. The summed E-state index contributed by atoms with van der Waals surface area (Å²) in [5.74, 6) is 1.82. The van der Waals surface area contributed by atoms with Crippen LogP contribution in [0, 0.1) is 11.8 Å². The van der Waals surface area contributed by atoms with Crippen molar-refractivity contribution in [2.24, 2.45) is 11.8 Å². The van der Waals surface area contributed by atoms with Crippen molar-refractivity contribution in [2.75, 3.05) is 0 Å². The van der Waals surface area contributed by atoms with Gasteiger partial charge in [-0.25, -0.2) is 0 Å². The third kappa shape index (κ3) is 64.0. The summed E-state index contributed by atoms with van der Waals surface area (Å²) in [5, 5.41) is 0. The molecular weight excluding hydrogens is 204 g/mol. The summed E-state index contributed by atoms with van der Waals surface area (Å²) in [7, 11) is 0. The molecule has 0 radical (unpaired) electrons. The highest BCUT2D eigenvalue weighted by atomic mass is 13.9. The summed E-state index contributed by atoms with van der Waals surface area (Å²) < 4.78 is 0. The number of hydrogen-bond donors (Lipinski definition) is 0. The summed E-state index contributed by atoms with van der Waals surface area (Å²) in [5.41, 5.74) is 0. The van der Waals surface area contributed by atoms with Crippen LogP contribution in [0.15, 0.2) is 0 Å². The van der Waals surface area contributed by atoms with Gasteiger partial charge in [-0.05, 0) is 11.8 Å². The van der Waals surface area contributed by atoms with E-state index in [0.717, 1.165) is 11.8 Å². The van der Waals surface area contributed by atoms with E-state index in [2.05, 4.69) is 55.4 Å². The molecule has 0 amide bonds. The lowest BCUT2D eigenvalue weighted by molar-refractivity contribution is 0.544. The van der Waals surface area contributed by atoms with Crippen LogP contribution in [-0.2, 0) is 0 Å². The van der Waals surface area contributed by atoms with Crippen molar-refractivity contribution in [3.8, 4) is 0 Å². The van der Waals surface area contributed by atoms with Crippen molar-refractivity contribution in [1.82, 2.24) is 0 Å². The fourth-order valence-corrected chi connectivity index (χ4v) is 0.289. The quantitative estimate of drug-likeness (QED) is 0.487. The minimum absolute atomic E-state index is 0.884. The van der Waals surface area contributed by atoms with Gasteiger partial charge >= 0.3 is 0 Å². The standard InChI is InChI=1S/C6H14.C5H12.C4H10.C2H6/c1-4-6(3)5-2;1-4-5(2)3;1-3-4-2;1-2/h6H,4-5H2,1-3H3;5H,4H2,1-3H3;3-4H2,1-2H3;1-2H3. The largest absolute Gasteiger partial charge is 0.0683 e. The molecule has 0 aromatic carbocycles. The molecule has 0 heteroatoms. The first kappa shape index (κ1) is 25.8. The summed E-state index contributed by atoms with van der Waals surface area (Å²) >= 11 is 0. The smallest absolute Gasteiger partial charge is 0.0448 e. The van der Waals surface area contributed by atoms with Gasteiger partial charge in [-0.3, -0.25) is 0 Å². The third-order valence-electron chi connectivity index (χ3n) is 2.71. The Labute approximate surface area is 114 Å². The number of rotatable bonds is 4. The Morgan fingerprint density at radius 2 is 0.824 bits per heavy atom. The SMILES string of the molecule is CC.CCC(C)C.CCC(C)CC.CCCC. The zero-order valence-corrected chi connectivity index (χ0v) is 14.7. The third-order valence-corrected chi connectivity index (χ3v) is 2.71. The highest BCUT2D eigenvalue weighted by molar-refractivity contribution is 4.41. The number of hydrogen-bond acceptors (Lipinski definition) is 0. The van der Waals surface area contributed by atoms with Gasteiger partial charge in [-0.15, -0.1) is 0 Å². The van der Waals surface area contributed by atoms with Gasteiger partial charge in [0.05, 0.1) is 0 Å². The number of unbranched alkanes of at least 4 members (excludes halogenated alkanes) is 1. The van der Waals surface area contributed by atoms with Gasteiger partial charge < -0.3 is 0 Å². The highest BCUT2D eigenvalue weighted by Gasteiger charge is 1.88. The maximum atomic E-state index is 2.28. The molecule has 0 bridgehead atoms. The van der Waals surface area contributed by atoms with E-state index >= 15 is 0 Å². The van der Waals surface area contributed by atoms with Crippen molar-refractivity contribution in [2.45, 2.75) is 101 Å². The van der Waals surface area contributed by atoms with Crippen LogP contribution in [-0.4, -0.2) is 0 Å². The van der Waals surface area contributed by atoms with Crippen molar-refractivity contribution in [3.63, 3.8) is 0 Å². The lowest BCUT2D eigenvalue weighted by Crippen LogP contribution is -1.85. The van der Waals surface area contributed by atoms with Gasteiger partial charge in [0.15, 0.2) is 0 Å². The lowest BCUT2D eigenvalue weighted by Gasteiger charge is -1.98. The molecule has 0 aliphatic rings. The van der Waals surface area contributed by atoms with E-state index in [1.165, 1.54) is 32.1 Å². The van der Waals surface area contributed by atoms with Crippen LogP contribution in [0.1, 0.15) is 101 Å². The van der Waals surface area contributed by atoms with Crippen LogP contribution < -0.4 is 0 Å². The van der Waals surface area contributed by atoms with Gasteiger partial charge in [0, 0.05) is 0 Å². The van der Waals surface area contributed by atoms with Crippen molar-refractivity contribution in [3.05, 3.63) is 0 Å². The monoisotopic (exact) mass is 246 g/mol. The fraction of sp³-hybridized carbons (Fsp3) is 1.00. The van der Waals surface area contributed by atoms with Gasteiger partial charge in [-0.1, -0.05) is 101 Å². The minimum Gasteiger partial charge on any atom is -0.0683 e. The van der Waals surface area contributed by atoms with Gasteiger partial charge in [-0.2, -0.15) is 0 Å². The van der Waals surface area contributed by atoms with E-state index in [1.807, 2.05) is 13.8 Å². The molecule has 0 aromatic heterocycles. The molecule has 0 rings (SSSR count). The molecule has 17 heavy (non-hydrogen) atoms. The molecule has 0 saturated carbocycles. The topological polar surface area (TPSA) is 0 Å². The van der Waals surface area contributed by atoms with E-state index in [0.29, 0.717) is 0 Å². The van der Waals surface area contributed by atoms with Crippen LogP contribution in [0.4, 0.5) is 0 Å². The predicted molar refractivity (Wildman–Crippen MR) is 86.8 cm³/mol. The molecule has 0 nitrogen and oxygen atoms in total. The van der Waals surface area contributed by atoms with Crippen molar-refractivity contribution < 1.29 is 0 Å². The molecule has 0 aliphatic heterocycles. The molecule has 0 spiro atoms. The van der Waals surface area contributed by atoms with Crippen LogP contribution in [0.2, 0.25) is 0 Å². The Hall–Kier alpha value is 0. The molecule has 110 valence electrons. The molecule has 0 heterocycles. The van der Waals surface area contributed by atoms with Crippen LogP contribution >= 0.6 is 0 Å². The Morgan fingerprint density at radius 3 is 0.824 bits per heavy atom. The molecule has 0 unspecified atom stereocenters. The van der Waals surface area contributed by atoms with Crippen LogP contribution in [0.25, 0.3) is 0 Å². The second-order valence-electron chi connectivity index (χ2n) is 4.72. The minimum atomic E-state index is 0.884. The van der Waals surface area contributed by atoms with Gasteiger partial charge in [0.2, 0.25) is 0 Å². The summed E-state index contributed by atoms with van der Waals surface area (Å²) in [6, 6.07) is 0. The molecule has 0 atom stereocenters. The van der Waals surface area contributed by atoms with E-state index in [9.17, 15) is 0 Å². The maximum Gasteiger partial charge on any atom is -0.0448 e. The Bertz CT molecular complexity index is 68.1. The predicted octanol–water partition coefficient (Wildman–Crippen LogP) is 7.33.